The zero-order valence-corrected chi connectivity index (χ0v) is 9.06. The van der Waals surface area contributed by atoms with Gasteiger partial charge in [-0.05, 0) is 32.3 Å². The van der Waals surface area contributed by atoms with E-state index in [1.54, 1.807) is 19.1 Å². The Kier molecular flexibility index (Phi) is 3.80. The van der Waals surface area contributed by atoms with Crippen molar-refractivity contribution in [2.75, 3.05) is 0 Å². The van der Waals surface area contributed by atoms with Crippen molar-refractivity contribution in [2.24, 2.45) is 5.73 Å². The molecule has 2 N–H and O–H groups in total. The van der Waals surface area contributed by atoms with Gasteiger partial charge in [-0.2, -0.15) is 0 Å². The number of nitro groups is 1. The summed E-state index contributed by atoms with van der Waals surface area (Å²) in [5, 5.41) is 10.7. The van der Waals surface area contributed by atoms with Crippen LogP contribution in [0.25, 0.3) is 0 Å². The first-order valence-corrected chi connectivity index (χ1v) is 5.00. The van der Waals surface area contributed by atoms with E-state index >= 15 is 0 Å². The van der Waals surface area contributed by atoms with Gasteiger partial charge in [0.15, 0.2) is 0 Å². The second-order valence-corrected chi connectivity index (χ2v) is 3.89. The maximum Gasteiger partial charge on any atom is 0.272 e. The third kappa shape index (κ3) is 3.32. The van der Waals surface area contributed by atoms with E-state index in [2.05, 4.69) is 0 Å². The summed E-state index contributed by atoms with van der Waals surface area (Å²) in [4.78, 5) is 10.4. The summed E-state index contributed by atoms with van der Waals surface area (Å²) >= 11 is 0. The number of nitrogens with zero attached hydrogens (tertiary/aromatic N) is 1. The second-order valence-electron chi connectivity index (χ2n) is 3.89. The molecule has 0 aliphatic carbocycles. The van der Waals surface area contributed by atoms with E-state index in [4.69, 9.17) is 5.73 Å². The maximum absolute atomic E-state index is 10.7. The molecule has 1 aromatic carbocycles. The number of nitro benzene ring substituents is 1. The van der Waals surface area contributed by atoms with Gasteiger partial charge in [-0.1, -0.05) is 12.1 Å². The molecule has 82 valence electrons. The van der Waals surface area contributed by atoms with E-state index in [1.807, 2.05) is 13.0 Å². The molecule has 15 heavy (non-hydrogen) atoms. The normalized spacial score (nSPS) is 12.5. The van der Waals surface area contributed by atoms with Crippen LogP contribution in [0.1, 0.15) is 24.5 Å². The first-order chi connectivity index (χ1) is 7.00. The van der Waals surface area contributed by atoms with Crippen LogP contribution in [-0.4, -0.2) is 11.0 Å². The lowest BCUT2D eigenvalue weighted by Crippen LogP contribution is -2.15. The fourth-order valence-corrected chi connectivity index (χ4v) is 1.40. The molecular formula is C11H16N2O2. The average Bonchev–Trinajstić information content (AvgIpc) is 2.16. The summed E-state index contributed by atoms with van der Waals surface area (Å²) in [5.41, 5.74) is 7.50. The monoisotopic (exact) mass is 208 g/mol. The van der Waals surface area contributed by atoms with Gasteiger partial charge in [-0.3, -0.25) is 10.1 Å². The lowest BCUT2D eigenvalue weighted by molar-refractivity contribution is -0.385. The predicted octanol–water partition coefficient (Wildman–Crippen LogP) is 2.18. The Labute approximate surface area is 89.2 Å². The molecule has 1 aromatic rings. The van der Waals surface area contributed by atoms with E-state index in [0.29, 0.717) is 5.56 Å². The summed E-state index contributed by atoms with van der Waals surface area (Å²) in [6.07, 6.45) is 1.64. The zero-order chi connectivity index (χ0) is 11.4. The van der Waals surface area contributed by atoms with Crippen LogP contribution < -0.4 is 5.73 Å². The Bertz CT molecular complexity index is 362. The minimum Gasteiger partial charge on any atom is -0.328 e. The van der Waals surface area contributed by atoms with Crippen LogP contribution in [0.5, 0.6) is 0 Å². The van der Waals surface area contributed by atoms with Crippen molar-refractivity contribution in [3.63, 3.8) is 0 Å². The van der Waals surface area contributed by atoms with Crippen LogP contribution in [0, 0.1) is 17.0 Å². The van der Waals surface area contributed by atoms with E-state index in [9.17, 15) is 10.1 Å². The molecule has 0 saturated carbocycles. The maximum atomic E-state index is 10.7. The third-order valence-corrected chi connectivity index (χ3v) is 2.36. The summed E-state index contributed by atoms with van der Waals surface area (Å²) in [7, 11) is 0. The highest BCUT2D eigenvalue weighted by Crippen LogP contribution is 2.20. The highest BCUT2D eigenvalue weighted by molar-refractivity contribution is 5.42. The Hall–Kier alpha value is -1.42. The van der Waals surface area contributed by atoms with Gasteiger partial charge in [0.05, 0.1) is 4.92 Å². The van der Waals surface area contributed by atoms with Crippen LogP contribution >= 0.6 is 0 Å². The third-order valence-electron chi connectivity index (χ3n) is 2.36. The largest absolute Gasteiger partial charge is 0.328 e. The van der Waals surface area contributed by atoms with Crippen molar-refractivity contribution in [3.05, 3.63) is 39.4 Å². The van der Waals surface area contributed by atoms with E-state index in [-0.39, 0.29) is 16.7 Å². The van der Waals surface area contributed by atoms with Crippen molar-refractivity contribution in [2.45, 2.75) is 32.7 Å². The summed E-state index contributed by atoms with van der Waals surface area (Å²) in [6.45, 7) is 3.68. The molecule has 0 amide bonds. The Morgan fingerprint density at radius 3 is 2.73 bits per heavy atom. The van der Waals surface area contributed by atoms with Crippen molar-refractivity contribution < 1.29 is 4.92 Å². The molecule has 0 spiro atoms. The number of nitrogens with two attached hydrogens (primary N) is 1. The van der Waals surface area contributed by atoms with E-state index < -0.39 is 0 Å². The highest BCUT2D eigenvalue weighted by atomic mass is 16.6. The molecule has 0 aromatic heterocycles. The average molecular weight is 208 g/mol. The predicted molar refractivity (Wildman–Crippen MR) is 59.8 cm³/mol. The molecule has 0 radical (unpaired) electrons. The molecule has 1 rings (SSSR count). The summed E-state index contributed by atoms with van der Waals surface area (Å²) < 4.78 is 0. The number of hydrogen-bond donors (Lipinski definition) is 1. The van der Waals surface area contributed by atoms with Crippen LogP contribution in [0.2, 0.25) is 0 Å². The van der Waals surface area contributed by atoms with Crippen molar-refractivity contribution >= 4 is 5.69 Å². The smallest absolute Gasteiger partial charge is 0.272 e. The van der Waals surface area contributed by atoms with Crippen LogP contribution in [0.15, 0.2) is 18.2 Å². The molecule has 0 heterocycles. The molecule has 1 atom stereocenters. The molecule has 0 bridgehead atoms. The van der Waals surface area contributed by atoms with Gasteiger partial charge in [0.1, 0.15) is 0 Å². The molecule has 0 aliphatic heterocycles. The van der Waals surface area contributed by atoms with E-state index in [0.717, 1.165) is 18.4 Å². The molecule has 1 unspecified atom stereocenters. The quantitative estimate of drug-likeness (QED) is 0.609. The molecule has 4 heteroatoms. The highest BCUT2D eigenvalue weighted by Gasteiger charge is 2.10. The number of aryl methyl sites for hydroxylation is 2. The Morgan fingerprint density at radius 1 is 1.53 bits per heavy atom. The Morgan fingerprint density at radius 2 is 2.20 bits per heavy atom. The minimum absolute atomic E-state index is 0.130. The van der Waals surface area contributed by atoms with Crippen LogP contribution in [0.3, 0.4) is 0 Å². The summed E-state index contributed by atoms with van der Waals surface area (Å²) in [6, 6.07) is 5.47. The summed E-state index contributed by atoms with van der Waals surface area (Å²) in [5.74, 6) is 0. The fourth-order valence-electron chi connectivity index (χ4n) is 1.40. The van der Waals surface area contributed by atoms with Crippen molar-refractivity contribution in [1.82, 2.24) is 0 Å². The molecule has 0 aliphatic rings. The van der Waals surface area contributed by atoms with Gasteiger partial charge >= 0.3 is 0 Å². The van der Waals surface area contributed by atoms with Gasteiger partial charge in [0.2, 0.25) is 0 Å². The second kappa shape index (κ2) is 4.89. The standard InChI is InChI=1S/C11H16N2O2/c1-8-3-5-10(6-4-9(2)12)7-11(8)13(14)15/h3,5,7,9H,4,6,12H2,1-2H3. The van der Waals surface area contributed by atoms with Gasteiger partial charge in [0.25, 0.3) is 5.69 Å². The molecule has 0 fully saturated rings. The number of benzene rings is 1. The Balaban J connectivity index is 2.83. The lowest BCUT2D eigenvalue weighted by Gasteiger charge is -2.05. The minimum atomic E-state index is -0.343. The van der Waals surface area contributed by atoms with Gasteiger partial charge in [-0.25, -0.2) is 0 Å². The van der Waals surface area contributed by atoms with Gasteiger partial charge in [0, 0.05) is 17.7 Å². The van der Waals surface area contributed by atoms with Gasteiger partial charge < -0.3 is 5.73 Å². The topological polar surface area (TPSA) is 69.2 Å². The molecular weight excluding hydrogens is 192 g/mol. The van der Waals surface area contributed by atoms with Crippen LogP contribution in [0.4, 0.5) is 5.69 Å². The molecule has 4 nitrogen and oxygen atoms in total. The number of rotatable bonds is 4. The first kappa shape index (κ1) is 11.7. The van der Waals surface area contributed by atoms with Crippen molar-refractivity contribution in [3.8, 4) is 0 Å². The zero-order valence-electron chi connectivity index (χ0n) is 9.06. The first-order valence-electron chi connectivity index (χ1n) is 5.00. The molecule has 0 saturated heterocycles. The van der Waals surface area contributed by atoms with Gasteiger partial charge in [-0.15, -0.1) is 0 Å². The fraction of sp³-hybridized carbons (Fsp3) is 0.455. The lowest BCUT2D eigenvalue weighted by atomic mass is 10.0. The number of hydrogen-bond acceptors (Lipinski definition) is 3. The van der Waals surface area contributed by atoms with Crippen LogP contribution in [-0.2, 0) is 6.42 Å². The van der Waals surface area contributed by atoms with E-state index in [1.165, 1.54) is 0 Å². The SMILES string of the molecule is Cc1ccc(CCC(C)N)cc1[N+](=O)[O-]. The van der Waals surface area contributed by atoms with Crippen molar-refractivity contribution in [1.29, 1.82) is 0 Å².